The monoisotopic (exact) mass is 259 g/mol. The summed E-state index contributed by atoms with van der Waals surface area (Å²) in [7, 11) is 0. The van der Waals surface area contributed by atoms with Crippen LogP contribution in [-0.2, 0) is 17.8 Å². The van der Waals surface area contributed by atoms with E-state index in [2.05, 4.69) is 29.7 Å². The molecule has 2 heterocycles. The van der Waals surface area contributed by atoms with Crippen molar-refractivity contribution in [3.63, 3.8) is 0 Å². The molecule has 1 atom stereocenters. The van der Waals surface area contributed by atoms with Gasteiger partial charge in [-0.05, 0) is 43.9 Å². The third kappa shape index (κ3) is 2.26. The molecule has 0 bridgehead atoms. The Morgan fingerprint density at radius 3 is 3.00 bits per heavy atom. The van der Waals surface area contributed by atoms with E-state index in [1.54, 1.807) is 0 Å². The molecule has 1 fully saturated rings. The van der Waals surface area contributed by atoms with E-state index < -0.39 is 0 Å². The van der Waals surface area contributed by atoms with E-state index in [-0.39, 0.29) is 6.10 Å². The Hall–Kier alpha value is -1.39. The highest BCUT2D eigenvalue weighted by Gasteiger charge is 2.22. The molecule has 4 heteroatoms. The number of rotatable bonds is 3. The van der Waals surface area contributed by atoms with E-state index in [1.807, 2.05) is 0 Å². The van der Waals surface area contributed by atoms with E-state index in [9.17, 15) is 0 Å². The molecule has 1 aromatic heterocycles. The summed E-state index contributed by atoms with van der Waals surface area (Å²) in [6.45, 7) is 4.49. The number of hydrogen-bond donors (Lipinski definition) is 1. The van der Waals surface area contributed by atoms with Crippen molar-refractivity contribution in [3.05, 3.63) is 29.6 Å². The Morgan fingerprint density at radius 2 is 2.32 bits per heavy atom. The van der Waals surface area contributed by atoms with Crippen LogP contribution in [0.15, 0.2) is 18.2 Å². The first-order valence-electron chi connectivity index (χ1n) is 7.14. The molecular formula is C15H21N3O. The van der Waals surface area contributed by atoms with Crippen LogP contribution in [-0.4, -0.2) is 16.2 Å². The van der Waals surface area contributed by atoms with Gasteiger partial charge < -0.3 is 15.0 Å². The van der Waals surface area contributed by atoms with Crippen molar-refractivity contribution in [1.29, 1.82) is 0 Å². The minimum absolute atomic E-state index is 0.155. The normalized spacial score (nSPS) is 20.0. The third-order valence-corrected chi connectivity index (χ3v) is 3.86. The number of benzene rings is 1. The van der Waals surface area contributed by atoms with Gasteiger partial charge in [0, 0.05) is 19.7 Å². The van der Waals surface area contributed by atoms with Crippen LogP contribution in [0, 0.1) is 0 Å². The van der Waals surface area contributed by atoms with Crippen LogP contribution in [0.4, 0.5) is 0 Å². The molecule has 19 heavy (non-hydrogen) atoms. The molecule has 0 saturated carbocycles. The van der Waals surface area contributed by atoms with E-state index in [4.69, 9.17) is 15.5 Å². The van der Waals surface area contributed by atoms with Gasteiger partial charge in [-0.2, -0.15) is 0 Å². The number of imidazole rings is 1. The van der Waals surface area contributed by atoms with Crippen molar-refractivity contribution in [2.24, 2.45) is 5.73 Å². The average molecular weight is 259 g/mol. The Labute approximate surface area is 113 Å². The molecule has 0 amide bonds. The number of nitrogens with zero attached hydrogens (tertiary/aromatic N) is 2. The number of aryl methyl sites for hydroxylation is 1. The average Bonchev–Trinajstić information content (AvgIpc) is 2.85. The van der Waals surface area contributed by atoms with Gasteiger partial charge in [0.2, 0.25) is 0 Å². The molecule has 1 aliphatic heterocycles. The predicted molar refractivity (Wildman–Crippen MR) is 75.8 cm³/mol. The first-order valence-corrected chi connectivity index (χ1v) is 7.14. The fraction of sp³-hybridized carbons (Fsp3) is 0.533. The van der Waals surface area contributed by atoms with E-state index in [1.165, 1.54) is 18.4 Å². The Kier molecular flexibility index (Phi) is 3.53. The summed E-state index contributed by atoms with van der Waals surface area (Å²) in [5.74, 6) is 1.08. The summed E-state index contributed by atoms with van der Waals surface area (Å²) in [6, 6.07) is 6.30. The number of ether oxygens (including phenoxy) is 1. The van der Waals surface area contributed by atoms with Gasteiger partial charge in [0.25, 0.3) is 0 Å². The van der Waals surface area contributed by atoms with Crippen molar-refractivity contribution in [1.82, 2.24) is 9.55 Å². The van der Waals surface area contributed by atoms with Crippen molar-refractivity contribution in [3.8, 4) is 0 Å². The standard InChI is InChI=1S/C15H21N3O/c1-2-18-13-7-6-11(10-16)9-12(13)17-15(18)14-5-3-4-8-19-14/h6-7,9,14H,2-5,8,10,16H2,1H3. The van der Waals surface area contributed by atoms with Crippen LogP contribution in [0.5, 0.6) is 0 Å². The maximum absolute atomic E-state index is 5.88. The molecule has 1 unspecified atom stereocenters. The Bertz CT molecular complexity index is 570. The molecule has 2 aromatic rings. The second-order valence-electron chi connectivity index (χ2n) is 5.10. The maximum atomic E-state index is 5.88. The van der Waals surface area contributed by atoms with E-state index in [0.717, 1.165) is 36.5 Å². The second-order valence-corrected chi connectivity index (χ2v) is 5.10. The molecule has 4 nitrogen and oxygen atoms in total. The van der Waals surface area contributed by atoms with Gasteiger partial charge in [-0.25, -0.2) is 4.98 Å². The van der Waals surface area contributed by atoms with Gasteiger partial charge in [0.05, 0.1) is 11.0 Å². The molecule has 0 radical (unpaired) electrons. The molecule has 0 aliphatic carbocycles. The van der Waals surface area contributed by atoms with Crippen molar-refractivity contribution in [2.45, 2.75) is 45.4 Å². The fourth-order valence-corrected chi connectivity index (χ4v) is 2.84. The topological polar surface area (TPSA) is 53.1 Å². The van der Waals surface area contributed by atoms with Crippen LogP contribution in [0.25, 0.3) is 11.0 Å². The Morgan fingerprint density at radius 1 is 1.42 bits per heavy atom. The molecule has 102 valence electrons. The lowest BCUT2D eigenvalue weighted by Gasteiger charge is -2.22. The number of fused-ring (bicyclic) bond motifs is 1. The van der Waals surface area contributed by atoms with Crippen LogP contribution >= 0.6 is 0 Å². The Balaban J connectivity index is 2.07. The van der Waals surface area contributed by atoms with Crippen molar-refractivity contribution >= 4 is 11.0 Å². The summed E-state index contributed by atoms with van der Waals surface area (Å²) in [5.41, 5.74) is 9.05. The smallest absolute Gasteiger partial charge is 0.139 e. The lowest BCUT2D eigenvalue weighted by atomic mass is 10.1. The molecular weight excluding hydrogens is 238 g/mol. The van der Waals surface area contributed by atoms with Crippen LogP contribution < -0.4 is 5.73 Å². The van der Waals surface area contributed by atoms with Crippen LogP contribution in [0.2, 0.25) is 0 Å². The SMILES string of the molecule is CCn1c(C2CCCCO2)nc2cc(CN)ccc21. The van der Waals surface area contributed by atoms with Crippen LogP contribution in [0.3, 0.4) is 0 Å². The van der Waals surface area contributed by atoms with Crippen molar-refractivity contribution in [2.75, 3.05) is 6.61 Å². The first kappa shape index (κ1) is 12.6. The predicted octanol–water partition coefficient (Wildman–Crippen LogP) is 2.76. The zero-order chi connectivity index (χ0) is 13.2. The van der Waals surface area contributed by atoms with E-state index in [0.29, 0.717) is 6.54 Å². The van der Waals surface area contributed by atoms with Gasteiger partial charge in [0.15, 0.2) is 0 Å². The zero-order valence-corrected chi connectivity index (χ0v) is 11.4. The molecule has 1 aromatic carbocycles. The summed E-state index contributed by atoms with van der Waals surface area (Å²) < 4.78 is 8.15. The number of aromatic nitrogens is 2. The molecule has 1 saturated heterocycles. The number of hydrogen-bond acceptors (Lipinski definition) is 3. The van der Waals surface area contributed by atoms with Gasteiger partial charge in [-0.15, -0.1) is 0 Å². The lowest BCUT2D eigenvalue weighted by molar-refractivity contribution is 0.00774. The second kappa shape index (κ2) is 5.31. The minimum Gasteiger partial charge on any atom is -0.370 e. The van der Waals surface area contributed by atoms with Gasteiger partial charge in [-0.3, -0.25) is 0 Å². The first-order chi connectivity index (χ1) is 9.33. The largest absolute Gasteiger partial charge is 0.370 e. The quantitative estimate of drug-likeness (QED) is 0.922. The molecule has 1 aliphatic rings. The highest BCUT2D eigenvalue weighted by atomic mass is 16.5. The minimum atomic E-state index is 0.155. The molecule has 2 N–H and O–H groups in total. The maximum Gasteiger partial charge on any atom is 0.139 e. The fourth-order valence-electron chi connectivity index (χ4n) is 2.84. The number of nitrogens with two attached hydrogens (primary N) is 1. The van der Waals surface area contributed by atoms with Gasteiger partial charge >= 0.3 is 0 Å². The van der Waals surface area contributed by atoms with Gasteiger partial charge in [0.1, 0.15) is 11.9 Å². The summed E-state index contributed by atoms with van der Waals surface area (Å²) in [4.78, 5) is 4.80. The highest BCUT2D eigenvalue weighted by molar-refractivity contribution is 5.77. The molecule has 3 rings (SSSR count). The lowest BCUT2D eigenvalue weighted by Crippen LogP contribution is -2.16. The zero-order valence-electron chi connectivity index (χ0n) is 11.4. The third-order valence-electron chi connectivity index (χ3n) is 3.86. The van der Waals surface area contributed by atoms with E-state index >= 15 is 0 Å². The van der Waals surface area contributed by atoms with Crippen molar-refractivity contribution < 1.29 is 4.74 Å². The molecule has 0 spiro atoms. The van der Waals surface area contributed by atoms with Gasteiger partial charge in [-0.1, -0.05) is 6.07 Å². The van der Waals surface area contributed by atoms with Crippen LogP contribution in [0.1, 0.15) is 43.7 Å². The summed E-state index contributed by atoms with van der Waals surface area (Å²) >= 11 is 0. The summed E-state index contributed by atoms with van der Waals surface area (Å²) in [5, 5.41) is 0. The summed E-state index contributed by atoms with van der Waals surface area (Å²) in [6.07, 6.45) is 3.63. The highest BCUT2D eigenvalue weighted by Crippen LogP contribution is 2.30.